The summed E-state index contributed by atoms with van der Waals surface area (Å²) in [7, 11) is -2.06. The van der Waals surface area contributed by atoms with Crippen LogP contribution in [0, 0.1) is 5.92 Å². The monoisotopic (exact) mass is 364 g/mol. The number of nitrogens with one attached hydrogen (secondary N) is 1. The Morgan fingerprint density at radius 3 is 2.57 bits per heavy atom. The van der Waals surface area contributed by atoms with E-state index >= 15 is 0 Å². The lowest BCUT2D eigenvalue weighted by molar-refractivity contribution is 0.0134. The van der Waals surface area contributed by atoms with Gasteiger partial charge in [-0.05, 0) is 12.3 Å². The minimum Gasteiger partial charge on any atom is -0.379 e. The van der Waals surface area contributed by atoms with Crippen molar-refractivity contribution in [1.82, 2.24) is 19.2 Å². The molecular weight excluding hydrogens is 340 g/mol. The van der Waals surface area contributed by atoms with E-state index in [1.807, 2.05) is 0 Å². The maximum atomic E-state index is 12.4. The molecule has 0 aliphatic carbocycles. The van der Waals surface area contributed by atoms with E-state index in [0.29, 0.717) is 25.7 Å². The van der Waals surface area contributed by atoms with Gasteiger partial charge >= 0.3 is 0 Å². The Balaban J connectivity index is 2.06. The van der Waals surface area contributed by atoms with Gasteiger partial charge in [0.25, 0.3) is 10.0 Å². The number of sulfonamides is 1. The first-order valence-electron chi connectivity index (χ1n) is 7.79. The maximum Gasteiger partial charge on any atom is 0.261 e. The topological polar surface area (TPSA) is 76.5 Å². The van der Waals surface area contributed by atoms with E-state index < -0.39 is 10.0 Å². The van der Waals surface area contributed by atoms with E-state index in [2.05, 4.69) is 28.5 Å². The summed E-state index contributed by atoms with van der Waals surface area (Å²) in [5, 5.41) is -0.00350. The van der Waals surface area contributed by atoms with E-state index in [0.717, 1.165) is 19.5 Å². The van der Waals surface area contributed by atoms with Crippen molar-refractivity contribution in [2.45, 2.75) is 31.3 Å². The van der Waals surface area contributed by atoms with E-state index in [1.165, 1.54) is 10.9 Å². The van der Waals surface area contributed by atoms with Crippen molar-refractivity contribution >= 4 is 21.6 Å². The molecule has 0 spiro atoms. The van der Waals surface area contributed by atoms with Crippen molar-refractivity contribution in [1.29, 1.82) is 0 Å². The van der Waals surface area contributed by atoms with Crippen LogP contribution in [0.4, 0.5) is 0 Å². The average molecular weight is 365 g/mol. The first-order valence-corrected chi connectivity index (χ1v) is 9.65. The van der Waals surface area contributed by atoms with Gasteiger partial charge in [-0.15, -0.1) is 0 Å². The van der Waals surface area contributed by atoms with Crippen LogP contribution in [0.25, 0.3) is 0 Å². The molecule has 1 saturated heterocycles. The van der Waals surface area contributed by atoms with E-state index in [1.54, 1.807) is 7.05 Å². The highest BCUT2D eigenvalue weighted by atomic mass is 35.5. The average Bonchev–Trinajstić information content (AvgIpc) is 2.84. The fraction of sp³-hybridized carbons (Fsp3) is 0.786. The fourth-order valence-electron chi connectivity index (χ4n) is 2.70. The van der Waals surface area contributed by atoms with Crippen molar-refractivity contribution in [2.24, 2.45) is 13.0 Å². The number of imidazole rings is 1. The molecule has 1 aromatic heterocycles. The van der Waals surface area contributed by atoms with Gasteiger partial charge in [-0.2, -0.15) is 0 Å². The van der Waals surface area contributed by atoms with Crippen molar-refractivity contribution < 1.29 is 13.2 Å². The van der Waals surface area contributed by atoms with Gasteiger partial charge in [0, 0.05) is 32.7 Å². The predicted molar refractivity (Wildman–Crippen MR) is 89.0 cm³/mol. The molecule has 1 atom stereocenters. The number of rotatable bonds is 7. The molecule has 2 rings (SSSR count). The first kappa shape index (κ1) is 18.7. The van der Waals surface area contributed by atoms with Crippen LogP contribution in [0.3, 0.4) is 0 Å². The Morgan fingerprint density at radius 2 is 2.04 bits per heavy atom. The number of aryl methyl sites for hydroxylation is 1. The number of hydrogen-bond donors (Lipinski definition) is 1. The van der Waals surface area contributed by atoms with Gasteiger partial charge in [0.1, 0.15) is 5.15 Å². The molecule has 1 N–H and O–H groups in total. The molecule has 2 heterocycles. The summed E-state index contributed by atoms with van der Waals surface area (Å²) in [6, 6.07) is 0.135. The normalized spacial score (nSPS) is 18.5. The van der Waals surface area contributed by atoms with Gasteiger partial charge in [0.2, 0.25) is 5.03 Å². The van der Waals surface area contributed by atoms with Crippen LogP contribution in [0.1, 0.15) is 20.3 Å². The number of nitrogens with zero attached hydrogens (tertiary/aromatic N) is 3. The van der Waals surface area contributed by atoms with E-state index in [4.69, 9.17) is 16.3 Å². The van der Waals surface area contributed by atoms with Crippen molar-refractivity contribution in [2.75, 3.05) is 32.8 Å². The van der Waals surface area contributed by atoms with E-state index in [9.17, 15) is 8.42 Å². The zero-order valence-corrected chi connectivity index (χ0v) is 15.4. The Bertz CT molecular complexity index is 612. The molecule has 0 aromatic carbocycles. The number of morpholine rings is 1. The quantitative estimate of drug-likeness (QED) is 0.784. The van der Waals surface area contributed by atoms with E-state index in [-0.39, 0.29) is 16.2 Å². The van der Waals surface area contributed by atoms with Crippen LogP contribution in [0.15, 0.2) is 11.4 Å². The molecule has 0 bridgehead atoms. The highest BCUT2D eigenvalue weighted by Crippen LogP contribution is 2.19. The molecule has 1 aliphatic heterocycles. The molecule has 1 aromatic rings. The zero-order chi connectivity index (χ0) is 17.0. The highest BCUT2D eigenvalue weighted by Gasteiger charge is 2.27. The van der Waals surface area contributed by atoms with Crippen LogP contribution in [0.2, 0.25) is 5.15 Å². The summed E-state index contributed by atoms with van der Waals surface area (Å²) in [4.78, 5) is 6.17. The van der Waals surface area contributed by atoms with Gasteiger partial charge in [0.05, 0.1) is 19.5 Å². The predicted octanol–water partition coefficient (Wildman–Crippen LogP) is 1.10. The summed E-state index contributed by atoms with van der Waals surface area (Å²) >= 11 is 6.00. The molecule has 23 heavy (non-hydrogen) atoms. The maximum absolute atomic E-state index is 12.4. The van der Waals surface area contributed by atoms with Crippen LogP contribution in [-0.2, 0) is 21.8 Å². The number of aromatic nitrogens is 2. The lowest BCUT2D eigenvalue weighted by Gasteiger charge is -2.35. The van der Waals surface area contributed by atoms with Crippen molar-refractivity contribution in [3.8, 4) is 0 Å². The smallest absolute Gasteiger partial charge is 0.261 e. The molecule has 0 radical (unpaired) electrons. The van der Waals surface area contributed by atoms with Gasteiger partial charge in [0.15, 0.2) is 0 Å². The molecule has 9 heteroatoms. The summed E-state index contributed by atoms with van der Waals surface area (Å²) in [6.45, 7) is 7.64. The van der Waals surface area contributed by atoms with Crippen LogP contribution in [0.5, 0.6) is 0 Å². The van der Waals surface area contributed by atoms with Gasteiger partial charge in [-0.3, -0.25) is 4.90 Å². The third kappa shape index (κ3) is 4.90. The van der Waals surface area contributed by atoms with Crippen molar-refractivity contribution in [3.05, 3.63) is 11.5 Å². The highest BCUT2D eigenvalue weighted by molar-refractivity contribution is 7.89. The third-order valence-electron chi connectivity index (χ3n) is 3.90. The third-order valence-corrected chi connectivity index (χ3v) is 5.82. The Morgan fingerprint density at radius 1 is 1.39 bits per heavy atom. The zero-order valence-electron chi connectivity index (χ0n) is 13.8. The second kappa shape index (κ2) is 7.94. The standard InChI is InChI=1S/C14H25ClN4O3S/c1-11(2)8-12(19-4-6-22-7-5-19)9-17-23(20,21)14-13(15)18(3)10-16-14/h10-12,17H,4-9H2,1-3H3. The number of halogens is 1. The van der Waals surface area contributed by atoms with Crippen molar-refractivity contribution in [3.63, 3.8) is 0 Å². The lowest BCUT2D eigenvalue weighted by atomic mass is 10.0. The van der Waals surface area contributed by atoms with Crippen LogP contribution in [-0.4, -0.2) is 61.8 Å². The largest absolute Gasteiger partial charge is 0.379 e. The second-order valence-corrected chi connectivity index (χ2v) is 8.28. The molecule has 1 aliphatic rings. The van der Waals surface area contributed by atoms with Crippen LogP contribution >= 0.6 is 11.6 Å². The lowest BCUT2D eigenvalue weighted by Crippen LogP contribution is -2.49. The molecule has 7 nitrogen and oxygen atoms in total. The summed E-state index contributed by atoms with van der Waals surface area (Å²) in [6.07, 6.45) is 2.31. The number of ether oxygens (including phenoxy) is 1. The second-order valence-electron chi connectivity index (χ2n) is 6.24. The summed E-state index contributed by atoms with van der Waals surface area (Å²) in [5.41, 5.74) is 0. The van der Waals surface area contributed by atoms with Gasteiger partial charge < -0.3 is 9.30 Å². The number of hydrogen-bond acceptors (Lipinski definition) is 5. The van der Waals surface area contributed by atoms with Gasteiger partial charge in [-0.25, -0.2) is 18.1 Å². The molecule has 0 saturated carbocycles. The molecule has 1 fully saturated rings. The molecule has 132 valence electrons. The Hall–Kier alpha value is -0.670. The minimum atomic E-state index is -3.71. The molecule has 1 unspecified atom stereocenters. The van der Waals surface area contributed by atoms with Crippen LogP contribution < -0.4 is 4.72 Å². The van der Waals surface area contributed by atoms with Gasteiger partial charge in [-0.1, -0.05) is 25.4 Å². The minimum absolute atomic E-state index is 0.115. The summed E-state index contributed by atoms with van der Waals surface area (Å²) < 4.78 is 34.4. The molecular formula is C14H25ClN4O3S. The Kier molecular flexibility index (Phi) is 6.44. The molecule has 0 amide bonds. The Labute approximate surface area is 143 Å². The fourth-order valence-corrected chi connectivity index (χ4v) is 4.19. The first-order chi connectivity index (χ1) is 10.8. The SMILES string of the molecule is CC(C)CC(CNS(=O)(=O)c1ncn(C)c1Cl)N1CCOCC1. The summed E-state index contributed by atoms with van der Waals surface area (Å²) in [5.74, 6) is 0.478.